The topological polar surface area (TPSA) is 49.6 Å². The van der Waals surface area contributed by atoms with Crippen LogP contribution in [0.25, 0.3) is 0 Å². The normalized spacial score (nSPS) is 26.8. The molecule has 0 aliphatic carbocycles. The number of likely N-dealkylation sites (tertiary alicyclic amines) is 1. The van der Waals surface area contributed by atoms with Crippen LogP contribution in [0.4, 0.5) is 0 Å². The van der Waals surface area contributed by atoms with Crippen molar-refractivity contribution in [2.24, 2.45) is 11.7 Å². The highest BCUT2D eigenvalue weighted by molar-refractivity contribution is 5.75. The van der Waals surface area contributed by atoms with Crippen molar-refractivity contribution in [1.82, 2.24) is 9.80 Å². The van der Waals surface area contributed by atoms with E-state index in [-0.39, 0.29) is 5.91 Å². The van der Waals surface area contributed by atoms with Gasteiger partial charge >= 0.3 is 0 Å². The summed E-state index contributed by atoms with van der Waals surface area (Å²) in [5, 5.41) is 0. The van der Waals surface area contributed by atoms with Crippen LogP contribution in [0, 0.1) is 5.92 Å². The van der Waals surface area contributed by atoms with Crippen molar-refractivity contribution in [1.29, 1.82) is 0 Å². The fourth-order valence-corrected chi connectivity index (χ4v) is 2.24. The van der Waals surface area contributed by atoms with E-state index in [9.17, 15) is 4.79 Å². The van der Waals surface area contributed by atoms with Gasteiger partial charge in [-0.1, -0.05) is 13.3 Å². The molecule has 1 heterocycles. The molecule has 1 amide bonds. The summed E-state index contributed by atoms with van der Waals surface area (Å²) >= 11 is 0. The zero-order valence-corrected chi connectivity index (χ0v) is 10.8. The number of carbonyl (C=O) groups excluding carboxylic acids is 1. The molecule has 16 heavy (non-hydrogen) atoms. The van der Waals surface area contributed by atoms with Crippen LogP contribution in [0.3, 0.4) is 0 Å². The minimum Gasteiger partial charge on any atom is -0.349 e. The van der Waals surface area contributed by atoms with E-state index >= 15 is 0 Å². The van der Waals surface area contributed by atoms with Crippen LogP contribution in [0.1, 0.15) is 26.2 Å². The number of hydrogen-bond acceptors (Lipinski definition) is 3. The molecule has 2 unspecified atom stereocenters. The second-order valence-electron chi connectivity index (χ2n) is 4.96. The third-order valence-electron chi connectivity index (χ3n) is 3.54. The van der Waals surface area contributed by atoms with Crippen LogP contribution in [-0.2, 0) is 4.79 Å². The third kappa shape index (κ3) is 3.76. The van der Waals surface area contributed by atoms with E-state index in [1.165, 1.54) is 0 Å². The van der Waals surface area contributed by atoms with Crippen LogP contribution in [-0.4, -0.2) is 55.5 Å². The average molecular weight is 227 g/mol. The Bertz CT molecular complexity index is 230. The lowest BCUT2D eigenvalue weighted by Crippen LogP contribution is -2.47. The van der Waals surface area contributed by atoms with Gasteiger partial charge in [0.1, 0.15) is 0 Å². The van der Waals surface area contributed by atoms with E-state index in [1.54, 1.807) is 4.90 Å². The third-order valence-corrected chi connectivity index (χ3v) is 3.54. The summed E-state index contributed by atoms with van der Waals surface area (Å²) < 4.78 is 0. The summed E-state index contributed by atoms with van der Waals surface area (Å²) in [5.41, 5.74) is 6.05. The van der Waals surface area contributed by atoms with Gasteiger partial charge in [0.15, 0.2) is 0 Å². The molecule has 0 radical (unpaired) electrons. The molecule has 94 valence electrons. The van der Waals surface area contributed by atoms with Crippen LogP contribution in [0.5, 0.6) is 0 Å². The van der Waals surface area contributed by atoms with Gasteiger partial charge in [0.25, 0.3) is 0 Å². The molecule has 1 aliphatic rings. The number of hydrogen-bond donors (Lipinski definition) is 1. The van der Waals surface area contributed by atoms with E-state index < -0.39 is 0 Å². The van der Waals surface area contributed by atoms with Crippen molar-refractivity contribution >= 4 is 5.91 Å². The second-order valence-corrected chi connectivity index (χ2v) is 4.96. The molecule has 0 aromatic carbocycles. The predicted molar refractivity (Wildman–Crippen MR) is 66.1 cm³/mol. The monoisotopic (exact) mass is 227 g/mol. The summed E-state index contributed by atoms with van der Waals surface area (Å²) in [7, 11) is 3.62. The maximum absolute atomic E-state index is 11.5. The fraction of sp³-hybridized carbons (Fsp3) is 0.917. The first-order valence-corrected chi connectivity index (χ1v) is 6.22. The molecular weight excluding hydrogens is 202 g/mol. The summed E-state index contributed by atoms with van der Waals surface area (Å²) in [6, 6.07) is 0.353. The maximum atomic E-state index is 11.5. The minimum atomic E-state index is 0.211. The number of rotatable bonds is 4. The molecule has 0 saturated carbocycles. The first kappa shape index (κ1) is 13.5. The van der Waals surface area contributed by atoms with Gasteiger partial charge in [-0.3, -0.25) is 4.79 Å². The van der Waals surface area contributed by atoms with Gasteiger partial charge in [0, 0.05) is 39.6 Å². The Morgan fingerprint density at radius 2 is 2.19 bits per heavy atom. The molecule has 1 rings (SSSR count). The van der Waals surface area contributed by atoms with Crippen LogP contribution < -0.4 is 5.73 Å². The Morgan fingerprint density at radius 3 is 2.75 bits per heavy atom. The number of nitrogens with two attached hydrogens (primary N) is 1. The van der Waals surface area contributed by atoms with E-state index in [2.05, 4.69) is 11.8 Å². The Hall–Kier alpha value is -0.610. The first-order chi connectivity index (χ1) is 7.54. The average Bonchev–Trinajstić information content (AvgIpc) is 2.27. The van der Waals surface area contributed by atoms with Crippen molar-refractivity contribution in [2.75, 3.05) is 33.7 Å². The Labute approximate surface area is 98.8 Å². The maximum Gasteiger partial charge on any atom is 0.223 e. The Kier molecular flexibility index (Phi) is 5.22. The highest BCUT2D eigenvalue weighted by Crippen LogP contribution is 2.18. The number of nitrogens with zero attached hydrogens (tertiary/aromatic N) is 2. The molecule has 0 spiro atoms. The minimum absolute atomic E-state index is 0.211. The molecule has 0 bridgehead atoms. The van der Waals surface area contributed by atoms with Crippen molar-refractivity contribution < 1.29 is 4.79 Å². The molecular formula is C12H25N3O. The summed E-state index contributed by atoms with van der Waals surface area (Å²) in [6.45, 7) is 5.16. The second kappa shape index (κ2) is 6.21. The van der Waals surface area contributed by atoms with E-state index in [0.717, 1.165) is 32.5 Å². The van der Waals surface area contributed by atoms with E-state index in [1.807, 2.05) is 14.1 Å². The standard InChI is InChI=1S/C12H25N3O/c1-4-10-9-15(7-5-11(10)13)8-6-12(16)14(2)3/h10-11H,4-9,13H2,1-3H3. The lowest BCUT2D eigenvalue weighted by Gasteiger charge is -2.36. The van der Waals surface area contributed by atoms with Crippen molar-refractivity contribution in [2.45, 2.75) is 32.2 Å². The SMILES string of the molecule is CCC1CN(CCC(=O)N(C)C)CCC1N. The predicted octanol–water partition coefficient (Wildman–Crippen LogP) is 0.524. The number of amides is 1. The molecule has 0 aromatic rings. The summed E-state index contributed by atoms with van der Waals surface area (Å²) in [5.74, 6) is 0.811. The van der Waals surface area contributed by atoms with Gasteiger partial charge in [-0.05, 0) is 18.9 Å². The number of carbonyl (C=O) groups is 1. The van der Waals surface area contributed by atoms with Crippen LogP contribution in [0.15, 0.2) is 0 Å². The van der Waals surface area contributed by atoms with Crippen LogP contribution >= 0.6 is 0 Å². The molecule has 1 aliphatic heterocycles. The molecule has 4 nitrogen and oxygen atoms in total. The van der Waals surface area contributed by atoms with Crippen molar-refractivity contribution in [3.63, 3.8) is 0 Å². The fourth-order valence-electron chi connectivity index (χ4n) is 2.24. The summed E-state index contributed by atoms with van der Waals surface area (Å²) in [6.07, 6.45) is 2.83. The molecule has 2 atom stereocenters. The highest BCUT2D eigenvalue weighted by Gasteiger charge is 2.25. The molecule has 2 N–H and O–H groups in total. The largest absolute Gasteiger partial charge is 0.349 e. The van der Waals surface area contributed by atoms with Gasteiger partial charge in [-0.25, -0.2) is 0 Å². The lowest BCUT2D eigenvalue weighted by atomic mass is 9.90. The Morgan fingerprint density at radius 1 is 1.50 bits per heavy atom. The van der Waals surface area contributed by atoms with E-state index in [4.69, 9.17) is 5.73 Å². The smallest absolute Gasteiger partial charge is 0.223 e. The zero-order valence-electron chi connectivity index (χ0n) is 10.8. The Balaban J connectivity index is 2.31. The van der Waals surface area contributed by atoms with Gasteiger partial charge in [-0.15, -0.1) is 0 Å². The van der Waals surface area contributed by atoms with Gasteiger partial charge < -0.3 is 15.5 Å². The van der Waals surface area contributed by atoms with Crippen molar-refractivity contribution in [3.05, 3.63) is 0 Å². The lowest BCUT2D eigenvalue weighted by molar-refractivity contribution is -0.129. The first-order valence-electron chi connectivity index (χ1n) is 6.22. The van der Waals surface area contributed by atoms with Crippen LogP contribution in [0.2, 0.25) is 0 Å². The quantitative estimate of drug-likeness (QED) is 0.762. The van der Waals surface area contributed by atoms with Crippen molar-refractivity contribution in [3.8, 4) is 0 Å². The van der Waals surface area contributed by atoms with Gasteiger partial charge in [-0.2, -0.15) is 0 Å². The highest BCUT2D eigenvalue weighted by atomic mass is 16.2. The van der Waals surface area contributed by atoms with E-state index in [0.29, 0.717) is 18.4 Å². The molecule has 0 aromatic heterocycles. The molecule has 1 saturated heterocycles. The summed E-state index contributed by atoms with van der Waals surface area (Å²) in [4.78, 5) is 15.5. The van der Waals surface area contributed by atoms with Gasteiger partial charge in [0.2, 0.25) is 5.91 Å². The molecule has 1 fully saturated rings. The molecule has 4 heteroatoms. The zero-order chi connectivity index (χ0) is 12.1. The number of piperidine rings is 1. The van der Waals surface area contributed by atoms with Gasteiger partial charge in [0.05, 0.1) is 0 Å².